The Morgan fingerprint density at radius 3 is 2.68 bits per heavy atom. The fraction of sp³-hybridized carbons (Fsp3) is 0.231. The van der Waals surface area contributed by atoms with Crippen molar-refractivity contribution in [2.45, 2.75) is 17.4 Å². The SMILES string of the molecule is CS(=O)(=O)c1cccc(C(O)Cc2cc(Br)cs2)c1. The van der Waals surface area contributed by atoms with Crippen LogP contribution in [0.15, 0.2) is 45.1 Å². The summed E-state index contributed by atoms with van der Waals surface area (Å²) in [5, 5.41) is 12.1. The number of thiophene rings is 1. The summed E-state index contributed by atoms with van der Waals surface area (Å²) >= 11 is 4.92. The highest BCUT2D eigenvalue weighted by atomic mass is 79.9. The molecule has 0 aliphatic carbocycles. The maximum Gasteiger partial charge on any atom is 0.175 e. The van der Waals surface area contributed by atoms with Crippen molar-refractivity contribution in [3.8, 4) is 0 Å². The van der Waals surface area contributed by atoms with Crippen molar-refractivity contribution in [1.82, 2.24) is 0 Å². The van der Waals surface area contributed by atoms with Gasteiger partial charge in [0.25, 0.3) is 0 Å². The third-order valence-electron chi connectivity index (χ3n) is 2.69. The Labute approximate surface area is 125 Å². The molecule has 0 aliphatic rings. The van der Waals surface area contributed by atoms with Crippen LogP contribution in [0.5, 0.6) is 0 Å². The zero-order valence-corrected chi connectivity index (χ0v) is 13.4. The van der Waals surface area contributed by atoms with Crippen molar-refractivity contribution < 1.29 is 13.5 Å². The summed E-state index contributed by atoms with van der Waals surface area (Å²) in [5.41, 5.74) is 0.618. The highest BCUT2D eigenvalue weighted by molar-refractivity contribution is 9.10. The van der Waals surface area contributed by atoms with E-state index in [1.165, 1.54) is 12.1 Å². The van der Waals surface area contributed by atoms with E-state index in [0.29, 0.717) is 12.0 Å². The molecule has 1 atom stereocenters. The summed E-state index contributed by atoms with van der Waals surface area (Å²) in [6.45, 7) is 0. The number of benzene rings is 1. The molecule has 1 heterocycles. The molecule has 2 rings (SSSR count). The molecular weight excluding hydrogens is 348 g/mol. The summed E-state index contributed by atoms with van der Waals surface area (Å²) in [6.07, 6.45) is 0.936. The number of hydrogen-bond donors (Lipinski definition) is 1. The third-order valence-corrected chi connectivity index (χ3v) is 5.52. The van der Waals surface area contributed by atoms with E-state index in [2.05, 4.69) is 15.9 Å². The van der Waals surface area contributed by atoms with Gasteiger partial charge in [0.15, 0.2) is 9.84 Å². The summed E-state index contributed by atoms with van der Waals surface area (Å²) in [5.74, 6) is 0. The minimum absolute atomic E-state index is 0.233. The van der Waals surface area contributed by atoms with Gasteiger partial charge in [0.2, 0.25) is 0 Å². The molecule has 0 radical (unpaired) electrons. The van der Waals surface area contributed by atoms with E-state index in [1.54, 1.807) is 23.5 Å². The third kappa shape index (κ3) is 3.89. The number of halogens is 1. The van der Waals surface area contributed by atoms with Crippen LogP contribution in [-0.2, 0) is 16.3 Å². The van der Waals surface area contributed by atoms with E-state index in [4.69, 9.17) is 0 Å². The fourth-order valence-corrected chi connectivity index (χ4v) is 3.89. The van der Waals surface area contributed by atoms with Crippen LogP contribution >= 0.6 is 27.3 Å². The molecule has 0 saturated heterocycles. The van der Waals surface area contributed by atoms with Crippen LogP contribution in [0.2, 0.25) is 0 Å². The molecule has 0 saturated carbocycles. The smallest absolute Gasteiger partial charge is 0.175 e. The van der Waals surface area contributed by atoms with Crippen LogP contribution in [0.1, 0.15) is 16.5 Å². The first-order valence-corrected chi connectivity index (χ1v) is 9.13. The number of aliphatic hydroxyl groups is 1. The number of hydrogen-bond acceptors (Lipinski definition) is 4. The lowest BCUT2D eigenvalue weighted by molar-refractivity contribution is 0.179. The minimum Gasteiger partial charge on any atom is -0.388 e. The Hall–Kier alpha value is -0.690. The Morgan fingerprint density at radius 1 is 1.37 bits per heavy atom. The maximum absolute atomic E-state index is 11.5. The molecule has 0 fully saturated rings. The van der Waals surface area contributed by atoms with Crippen molar-refractivity contribution in [3.63, 3.8) is 0 Å². The fourth-order valence-electron chi connectivity index (χ4n) is 1.72. The van der Waals surface area contributed by atoms with Crippen molar-refractivity contribution in [2.75, 3.05) is 6.26 Å². The maximum atomic E-state index is 11.5. The molecule has 6 heteroatoms. The van der Waals surface area contributed by atoms with E-state index in [-0.39, 0.29) is 4.90 Å². The zero-order valence-electron chi connectivity index (χ0n) is 10.2. The van der Waals surface area contributed by atoms with Crippen molar-refractivity contribution in [2.24, 2.45) is 0 Å². The van der Waals surface area contributed by atoms with Gasteiger partial charge in [0.1, 0.15) is 0 Å². The number of rotatable bonds is 4. The average Bonchev–Trinajstić information content (AvgIpc) is 2.74. The van der Waals surface area contributed by atoms with Gasteiger partial charge in [0.05, 0.1) is 11.0 Å². The van der Waals surface area contributed by atoms with Crippen LogP contribution in [0.3, 0.4) is 0 Å². The normalized spacial score (nSPS) is 13.4. The summed E-state index contributed by atoms with van der Waals surface area (Å²) in [7, 11) is -3.24. The second-order valence-electron chi connectivity index (χ2n) is 4.30. The number of sulfone groups is 1. The van der Waals surface area contributed by atoms with E-state index in [1.807, 2.05) is 11.4 Å². The van der Waals surface area contributed by atoms with Gasteiger partial charge < -0.3 is 5.11 Å². The molecule has 0 spiro atoms. The average molecular weight is 361 g/mol. The molecule has 19 heavy (non-hydrogen) atoms. The highest BCUT2D eigenvalue weighted by Gasteiger charge is 2.13. The molecule has 0 amide bonds. The predicted octanol–water partition coefficient (Wildman–Crippen LogP) is 3.19. The van der Waals surface area contributed by atoms with Crippen LogP contribution in [-0.4, -0.2) is 19.8 Å². The van der Waals surface area contributed by atoms with E-state index in [0.717, 1.165) is 15.6 Å². The van der Waals surface area contributed by atoms with Gasteiger partial charge in [-0.3, -0.25) is 0 Å². The van der Waals surface area contributed by atoms with Crippen LogP contribution in [0.4, 0.5) is 0 Å². The van der Waals surface area contributed by atoms with Gasteiger partial charge in [-0.2, -0.15) is 0 Å². The van der Waals surface area contributed by atoms with Crippen LogP contribution in [0, 0.1) is 0 Å². The molecule has 2 aromatic rings. The molecule has 1 aromatic heterocycles. The van der Waals surface area contributed by atoms with Gasteiger partial charge in [-0.1, -0.05) is 12.1 Å². The highest BCUT2D eigenvalue weighted by Crippen LogP contribution is 2.26. The Kier molecular flexibility index (Phi) is 4.45. The Bertz CT molecular complexity index is 677. The quantitative estimate of drug-likeness (QED) is 0.910. The largest absolute Gasteiger partial charge is 0.388 e. The van der Waals surface area contributed by atoms with Crippen molar-refractivity contribution >= 4 is 37.1 Å². The molecule has 0 aliphatic heterocycles. The molecule has 1 N–H and O–H groups in total. The topological polar surface area (TPSA) is 54.4 Å². The van der Waals surface area contributed by atoms with Gasteiger partial charge >= 0.3 is 0 Å². The van der Waals surface area contributed by atoms with Gasteiger partial charge in [-0.05, 0) is 39.7 Å². The lowest BCUT2D eigenvalue weighted by Crippen LogP contribution is -2.03. The summed E-state index contributed by atoms with van der Waals surface area (Å²) in [6, 6.07) is 8.41. The molecular formula is C13H13BrO3S2. The first kappa shape index (κ1) is 14.7. The molecule has 3 nitrogen and oxygen atoms in total. The monoisotopic (exact) mass is 360 g/mol. The molecule has 1 aromatic carbocycles. The summed E-state index contributed by atoms with van der Waals surface area (Å²) < 4.78 is 24.0. The van der Waals surface area contributed by atoms with Gasteiger partial charge in [-0.25, -0.2) is 8.42 Å². The minimum atomic E-state index is -3.24. The predicted molar refractivity (Wildman–Crippen MR) is 80.2 cm³/mol. The molecule has 1 unspecified atom stereocenters. The van der Waals surface area contributed by atoms with E-state index >= 15 is 0 Å². The van der Waals surface area contributed by atoms with E-state index < -0.39 is 15.9 Å². The molecule has 102 valence electrons. The van der Waals surface area contributed by atoms with Gasteiger partial charge in [0, 0.05) is 27.4 Å². The lowest BCUT2D eigenvalue weighted by Gasteiger charge is -2.10. The Balaban J connectivity index is 2.22. The van der Waals surface area contributed by atoms with Crippen LogP contribution < -0.4 is 0 Å². The van der Waals surface area contributed by atoms with Crippen molar-refractivity contribution in [3.05, 3.63) is 50.6 Å². The van der Waals surface area contributed by atoms with E-state index in [9.17, 15) is 13.5 Å². The standard InChI is InChI=1S/C13H13BrO3S2/c1-19(16,17)12-4-2-3-9(5-12)13(15)7-11-6-10(14)8-18-11/h2-6,8,13,15H,7H2,1H3. The molecule has 0 bridgehead atoms. The van der Waals surface area contributed by atoms with Crippen molar-refractivity contribution in [1.29, 1.82) is 0 Å². The first-order valence-electron chi connectivity index (χ1n) is 5.57. The van der Waals surface area contributed by atoms with Crippen LogP contribution in [0.25, 0.3) is 0 Å². The second kappa shape index (κ2) is 5.75. The summed E-state index contributed by atoms with van der Waals surface area (Å²) in [4.78, 5) is 1.28. The lowest BCUT2D eigenvalue weighted by atomic mass is 10.1. The second-order valence-corrected chi connectivity index (χ2v) is 8.22. The van der Waals surface area contributed by atoms with Gasteiger partial charge in [-0.15, -0.1) is 11.3 Å². The first-order chi connectivity index (χ1) is 8.86. The Morgan fingerprint density at radius 2 is 2.11 bits per heavy atom. The zero-order chi connectivity index (χ0) is 14.0. The number of aliphatic hydroxyl groups excluding tert-OH is 1.